The van der Waals surface area contributed by atoms with Gasteiger partial charge in [0.05, 0.1) is 25.1 Å². The van der Waals surface area contributed by atoms with Gasteiger partial charge in [0.15, 0.2) is 5.82 Å². The van der Waals surface area contributed by atoms with Crippen molar-refractivity contribution in [1.82, 2.24) is 9.97 Å². The Morgan fingerprint density at radius 3 is 2.48 bits per heavy atom. The molecule has 0 radical (unpaired) electrons. The first-order valence-corrected chi connectivity index (χ1v) is 8.81. The molecule has 2 N–H and O–H groups in total. The predicted octanol–water partition coefficient (Wildman–Crippen LogP) is 3.37. The normalized spacial score (nSPS) is 14.2. The van der Waals surface area contributed by atoms with Crippen LogP contribution < -0.4 is 15.5 Å². The minimum Gasteiger partial charge on any atom is -0.466 e. The van der Waals surface area contributed by atoms with E-state index >= 15 is 0 Å². The number of nitrogens with zero attached hydrogens (tertiary/aromatic N) is 3. The number of para-hydroxylation sites is 2. The molecule has 8 heteroatoms. The van der Waals surface area contributed by atoms with E-state index in [-0.39, 0.29) is 5.70 Å². The van der Waals surface area contributed by atoms with Gasteiger partial charge in [0.1, 0.15) is 11.4 Å². The second-order valence-electron chi connectivity index (χ2n) is 6.10. The molecule has 0 saturated carbocycles. The zero-order valence-electron chi connectivity index (χ0n) is 15.5. The highest BCUT2D eigenvalue weighted by Crippen LogP contribution is 2.36. The topological polar surface area (TPSA) is 96.4 Å². The van der Waals surface area contributed by atoms with Gasteiger partial charge in [0, 0.05) is 5.69 Å². The average molecular weight is 387 g/mol. The lowest BCUT2D eigenvalue weighted by atomic mass is 10.2. The van der Waals surface area contributed by atoms with Gasteiger partial charge in [0.2, 0.25) is 5.95 Å². The fraction of sp³-hybridized carbons (Fsp3) is 0.0476. The number of carbonyl (C=O) groups is 2. The average Bonchev–Trinajstić information content (AvgIpc) is 2.76. The molecule has 0 fully saturated rings. The lowest BCUT2D eigenvalue weighted by Crippen LogP contribution is -2.36. The highest BCUT2D eigenvalue weighted by atomic mass is 16.5. The van der Waals surface area contributed by atoms with Crippen LogP contribution in [0.3, 0.4) is 0 Å². The van der Waals surface area contributed by atoms with Crippen LogP contribution in [0.2, 0.25) is 0 Å². The third kappa shape index (κ3) is 3.77. The summed E-state index contributed by atoms with van der Waals surface area (Å²) in [6, 6.07) is 18.5. The molecule has 0 saturated heterocycles. The van der Waals surface area contributed by atoms with Crippen molar-refractivity contribution in [3.05, 3.63) is 78.6 Å². The molecule has 2 aromatic carbocycles. The van der Waals surface area contributed by atoms with Crippen LogP contribution in [0, 0.1) is 0 Å². The maximum Gasteiger partial charge on any atom is 0.332 e. The fourth-order valence-corrected chi connectivity index (χ4v) is 2.85. The number of rotatable bonds is 4. The summed E-state index contributed by atoms with van der Waals surface area (Å²) in [6.45, 7) is 0. The van der Waals surface area contributed by atoms with E-state index < -0.39 is 11.9 Å². The fourth-order valence-electron chi connectivity index (χ4n) is 2.85. The van der Waals surface area contributed by atoms with Gasteiger partial charge < -0.3 is 15.4 Å². The summed E-state index contributed by atoms with van der Waals surface area (Å²) in [4.78, 5) is 35.1. The predicted molar refractivity (Wildman–Crippen MR) is 109 cm³/mol. The molecule has 0 atom stereocenters. The van der Waals surface area contributed by atoms with Crippen molar-refractivity contribution in [2.45, 2.75) is 0 Å². The Hall–Kier alpha value is -4.20. The highest BCUT2D eigenvalue weighted by Gasteiger charge is 2.32. The van der Waals surface area contributed by atoms with Crippen molar-refractivity contribution in [1.29, 1.82) is 0 Å². The van der Waals surface area contributed by atoms with Crippen LogP contribution in [0.4, 0.5) is 28.8 Å². The van der Waals surface area contributed by atoms with Crippen LogP contribution in [-0.2, 0) is 14.3 Å². The lowest BCUT2D eigenvalue weighted by Gasteiger charge is -2.30. The number of esters is 1. The van der Waals surface area contributed by atoms with Gasteiger partial charge in [-0.05, 0) is 24.3 Å². The molecule has 0 unspecified atom stereocenters. The van der Waals surface area contributed by atoms with Crippen LogP contribution in [0.1, 0.15) is 0 Å². The number of carbonyl (C=O) groups excluding carboxylic acids is 2. The monoisotopic (exact) mass is 387 g/mol. The largest absolute Gasteiger partial charge is 0.466 e. The first-order valence-electron chi connectivity index (χ1n) is 8.81. The molecule has 0 aliphatic carbocycles. The summed E-state index contributed by atoms with van der Waals surface area (Å²) in [6.07, 6.45) is 2.67. The van der Waals surface area contributed by atoms with E-state index in [1.54, 1.807) is 18.3 Å². The third-order valence-electron chi connectivity index (χ3n) is 4.19. The number of fused-ring (bicyclic) bond motifs is 1. The van der Waals surface area contributed by atoms with E-state index in [0.29, 0.717) is 23.1 Å². The molecule has 2 heterocycles. The zero-order valence-corrected chi connectivity index (χ0v) is 15.5. The van der Waals surface area contributed by atoms with E-state index in [9.17, 15) is 9.59 Å². The molecule has 4 rings (SSSR count). The first-order chi connectivity index (χ1) is 14.2. The molecule has 144 valence electrons. The first kappa shape index (κ1) is 18.2. The van der Waals surface area contributed by atoms with Gasteiger partial charge >= 0.3 is 5.97 Å². The van der Waals surface area contributed by atoms with Crippen LogP contribution in [0.15, 0.2) is 78.6 Å². The molecule has 1 aliphatic heterocycles. The van der Waals surface area contributed by atoms with Crippen LogP contribution in [0.5, 0.6) is 0 Å². The van der Waals surface area contributed by atoms with E-state index in [1.807, 2.05) is 48.5 Å². The maximum absolute atomic E-state index is 13.1. The van der Waals surface area contributed by atoms with E-state index in [2.05, 4.69) is 25.3 Å². The lowest BCUT2D eigenvalue weighted by molar-refractivity contribution is -0.135. The van der Waals surface area contributed by atoms with Crippen molar-refractivity contribution >= 4 is 40.7 Å². The highest BCUT2D eigenvalue weighted by molar-refractivity contribution is 6.17. The van der Waals surface area contributed by atoms with E-state index in [4.69, 9.17) is 0 Å². The minimum absolute atomic E-state index is 0.0700. The van der Waals surface area contributed by atoms with Gasteiger partial charge in [0.25, 0.3) is 5.91 Å². The van der Waals surface area contributed by atoms with E-state index in [1.165, 1.54) is 12.0 Å². The zero-order chi connectivity index (χ0) is 20.2. The Morgan fingerprint density at radius 1 is 1.10 bits per heavy atom. The second-order valence-corrected chi connectivity index (χ2v) is 6.10. The number of benzene rings is 2. The van der Waals surface area contributed by atoms with Crippen LogP contribution >= 0.6 is 0 Å². The number of aromatic nitrogens is 2. The SMILES string of the molecule is COC(=O)C=C1Nc2cnc(Nc3ccccc3)nc2N(c2ccccc2)C1=O. The summed E-state index contributed by atoms with van der Waals surface area (Å²) in [5.74, 6) is -0.360. The number of ether oxygens (including phenoxy) is 1. The number of hydrogen-bond acceptors (Lipinski definition) is 7. The van der Waals surface area contributed by atoms with Gasteiger partial charge in [-0.1, -0.05) is 36.4 Å². The number of anilines is 5. The van der Waals surface area contributed by atoms with Crippen molar-refractivity contribution in [3.63, 3.8) is 0 Å². The summed E-state index contributed by atoms with van der Waals surface area (Å²) in [7, 11) is 1.25. The van der Waals surface area contributed by atoms with Crippen LogP contribution in [-0.4, -0.2) is 29.0 Å². The Kier molecular flexibility index (Phi) is 4.90. The third-order valence-corrected chi connectivity index (χ3v) is 4.19. The number of hydrogen-bond donors (Lipinski definition) is 2. The summed E-state index contributed by atoms with van der Waals surface area (Å²) in [5.41, 5.74) is 1.99. The number of amides is 1. The summed E-state index contributed by atoms with van der Waals surface area (Å²) < 4.78 is 4.65. The second kappa shape index (κ2) is 7.81. The molecule has 8 nitrogen and oxygen atoms in total. The molecule has 3 aromatic rings. The number of nitrogens with one attached hydrogen (secondary N) is 2. The van der Waals surface area contributed by atoms with Crippen LogP contribution in [0.25, 0.3) is 0 Å². The number of methoxy groups -OCH3 is 1. The summed E-state index contributed by atoms with van der Waals surface area (Å²) >= 11 is 0. The van der Waals surface area contributed by atoms with Crippen molar-refractivity contribution in [2.24, 2.45) is 0 Å². The summed E-state index contributed by atoms with van der Waals surface area (Å²) in [5, 5.41) is 6.04. The Bertz CT molecular complexity index is 1080. The molecule has 1 amide bonds. The van der Waals surface area contributed by atoms with Crippen molar-refractivity contribution in [2.75, 3.05) is 22.6 Å². The smallest absolute Gasteiger partial charge is 0.332 e. The maximum atomic E-state index is 13.1. The molecular weight excluding hydrogens is 370 g/mol. The molecule has 0 bridgehead atoms. The van der Waals surface area contributed by atoms with Gasteiger partial charge in [-0.3, -0.25) is 9.69 Å². The molecule has 1 aliphatic rings. The molecule has 29 heavy (non-hydrogen) atoms. The minimum atomic E-state index is -0.638. The van der Waals surface area contributed by atoms with E-state index in [0.717, 1.165) is 11.8 Å². The quantitative estimate of drug-likeness (QED) is 0.523. The van der Waals surface area contributed by atoms with Crippen molar-refractivity contribution < 1.29 is 14.3 Å². The Balaban J connectivity index is 1.78. The standard InChI is InChI=1S/C21H17N5O3/c1-29-18(27)12-16-20(28)26(15-10-6-3-7-11-15)19-17(24-16)13-22-21(25-19)23-14-8-4-2-5-9-14/h2-13,24H,1H3,(H,22,23,25). The molecule has 0 spiro atoms. The van der Waals surface area contributed by atoms with Gasteiger partial charge in [-0.25, -0.2) is 9.78 Å². The Labute approximate surface area is 166 Å². The molecule has 1 aromatic heterocycles. The van der Waals surface area contributed by atoms with Crippen molar-refractivity contribution in [3.8, 4) is 0 Å². The Morgan fingerprint density at radius 2 is 1.79 bits per heavy atom. The van der Waals surface area contributed by atoms with Gasteiger partial charge in [-0.15, -0.1) is 0 Å². The van der Waals surface area contributed by atoms with Gasteiger partial charge in [-0.2, -0.15) is 4.98 Å². The molecular formula is C21H17N5O3.